The molecule has 0 unspecified atom stereocenters. The van der Waals surface area contributed by atoms with E-state index < -0.39 is 5.41 Å². The molecule has 3 aromatic carbocycles. The van der Waals surface area contributed by atoms with Crippen LogP contribution in [-0.4, -0.2) is 10.2 Å². The van der Waals surface area contributed by atoms with Gasteiger partial charge in [-0.1, -0.05) is 72.6 Å². The van der Waals surface area contributed by atoms with Crippen molar-refractivity contribution >= 4 is 23.2 Å². The summed E-state index contributed by atoms with van der Waals surface area (Å²) in [6, 6.07) is 20.6. The fraction of sp³-hybridized carbons (Fsp3) is 0.143. The minimum Gasteiger partial charge on any atom is -0.506 e. The molecule has 0 aliphatic rings. The summed E-state index contributed by atoms with van der Waals surface area (Å²) in [5, 5.41) is 20.1. The van der Waals surface area contributed by atoms with Gasteiger partial charge in [0.2, 0.25) is 0 Å². The van der Waals surface area contributed by atoms with E-state index in [0.29, 0.717) is 10.0 Å². The number of benzene rings is 3. The molecule has 2 nitrogen and oxygen atoms in total. The molecular formula is C21H18Cl2O2. The summed E-state index contributed by atoms with van der Waals surface area (Å²) in [6.45, 7) is 2.10. The third-order valence-corrected chi connectivity index (χ3v) is 5.18. The summed E-state index contributed by atoms with van der Waals surface area (Å²) in [5.74, 6) is 0.104. The molecule has 0 heterocycles. The smallest absolute Gasteiger partial charge is 0.134 e. The molecule has 0 bridgehead atoms. The zero-order chi connectivity index (χ0) is 18.0. The van der Waals surface area contributed by atoms with Crippen molar-refractivity contribution in [2.45, 2.75) is 18.8 Å². The molecule has 0 saturated carbocycles. The fourth-order valence-electron chi connectivity index (χ4n) is 3.08. The van der Waals surface area contributed by atoms with Gasteiger partial charge in [-0.15, -0.1) is 0 Å². The Labute approximate surface area is 157 Å². The van der Waals surface area contributed by atoms with Gasteiger partial charge in [-0.25, -0.2) is 0 Å². The number of hydrogen-bond donors (Lipinski definition) is 2. The molecule has 2 N–H and O–H groups in total. The van der Waals surface area contributed by atoms with E-state index in [9.17, 15) is 10.2 Å². The zero-order valence-corrected chi connectivity index (χ0v) is 15.2. The van der Waals surface area contributed by atoms with Crippen LogP contribution in [0.3, 0.4) is 0 Å². The first-order valence-corrected chi connectivity index (χ1v) is 8.67. The van der Waals surface area contributed by atoms with Crippen LogP contribution in [0.15, 0.2) is 66.7 Å². The highest BCUT2D eigenvalue weighted by Gasteiger charge is 2.30. The van der Waals surface area contributed by atoms with Crippen molar-refractivity contribution < 1.29 is 10.2 Å². The normalized spacial score (nSPS) is 11.5. The van der Waals surface area contributed by atoms with Crippen molar-refractivity contribution in [2.24, 2.45) is 0 Å². The molecule has 0 aliphatic carbocycles. The molecule has 0 radical (unpaired) electrons. The van der Waals surface area contributed by atoms with Gasteiger partial charge in [0.15, 0.2) is 0 Å². The number of aromatic hydroxyl groups is 2. The third-order valence-electron chi connectivity index (χ3n) is 4.57. The first-order valence-electron chi connectivity index (χ1n) is 7.92. The Balaban J connectivity index is 2.15. The van der Waals surface area contributed by atoms with Crippen LogP contribution < -0.4 is 0 Å². The summed E-state index contributed by atoms with van der Waals surface area (Å²) >= 11 is 12.3. The van der Waals surface area contributed by atoms with E-state index in [4.69, 9.17) is 23.2 Å². The number of phenols is 2. The summed E-state index contributed by atoms with van der Waals surface area (Å²) in [4.78, 5) is 0. The second kappa shape index (κ2) is 6.99. The predicted octanol–water partition coefficient (Wildman–Crippen LogP) is 5.95. The van der Waals surface area contributed by atoms with Gasteiger partial charge in [-0.2, -0.15) is 0 Å². The molecule has 4 heteroatoms. The molecule has 0 aromatic heterocycles. The predicted molar refractivity (Wildman–Crippen MR) is 103 cm³/mol. The highest BCUT2D eigenvalue weighted by Crippen LogP contribution is 2.40. The van der Waals surface area contributed by atoms with Crippen LogP contribution in [0, 0.1) is 0 Å². The van der Waals surface area contributed by atoms with Gasteiger partial charge in [0.25, 0.3) is 0 Å². The minimum atomic E-state index is -0.434. The standard InChI is InChI=1S/C21H18Cl2O2/c1-21(13-14-5-3-2-4-6-14,15-7-9-19(24)17(22)11-15)16-8-10-20(25)18(23)12-16/h2-12,24-25H,13H2,1H3. The highest BCUT2D eigenvalue weighted by molar-refractivity contribution is 6.32. The van der Waals surface area contributed by atoms with Crippen molar-refractivity contribution in [1.29, 1.82) is 0 Å². The molecule has 0 spiro atoms. The number of halogens is 2. The van der Waals surface area contributed by atoms with Crippen LogP contribution in [0.25, 0.3) is 0 Å². The molecule has 25 heavy (non-hydrogen) atoms. The number of rotatable bonds is 4. The van der Waals surface area contributed by atoms with Crippen LogP contribution in [0.2, 0.25) is 10.0 Å². The Kier molecular flexibility index (Phi) is 4.94. The maximum Gasteiger partial charge on any atom is 0.134 e. The molecule has 128 valence electrons. The molecule has 3 aromatic rings. The number of phenolic OH excluding ortho intramolecular Hbond substituents is 2. The quantitative estimate of drug-likeness (QED) is 0.593. The lowest BCUT2D eigenvalue weighted by Crippen LogP contribution is -2.26. The highest BCUT2D eigenvalue weighted by atomic mass is 35.5. The van der Waals surface area contributed by atoms with E-state index in [2.05, 4.69) is 19.1 Å². The maximum atomic E-state index is 9.76. The lowest BCUT2D eigenvalue weighted by molar-refractivity contribution is 0.473. The van der Waals surface area contributed by atoms with Crippen molar-refractivity contribution in [3.8, 4) is 11.5 Å². The zero-order valence-electron chi connectivity index (χ0n) is 13.7. The molecule has 0 fully saturated rings. The Morgan fingerprint density at radius 1 is 0.760 bits per heavy atom. The summed E-state index contributed by atoms with van der Waals surface area (Å²) in [5.41, 5.74) is 2.65. The van der Waals surface area contributed by atoms with Gasteiger partial charge in [-0.3, -0.25) is 0 Å². The summed E-state index contributed by atoms with van der Waals surface area (Å²) in [7, 11) is 0. The van der Waals surface area contributed by atoms with E-state index in [-0.39, 0.29) is 11.5 Å². The Morgan fingerprint density at radius 3 is 1.68 bits per heavy atom. The molecule has 0 saturated heterocycles. The van der Waals surface area contributed by atoms with E-state index in [1.807, 2.05) is 30.3 Å². The monoisotopic (exact) mass is 372 g/mol. The summed E-state index contributed by atoms with van der Waals surface area (Å²) < 4.78 is 0. The topological polar surface area (TPSA) is 40.5 Å². The van der Waals surface area contributed by atoms with Gasteiger partial charge in [0, 0.05) is 5.41 Å². The molecule has 0 aliphatic heterocycles. The van der Waals surface area contributed by atoms with Crippen molar-refractivity contribution in [1.82, 2.24) is 0 Å². The van der Waals surface area contributed by atoms with Crippen LogP contribution >= 0.6 is 23.2 Å². The summed E-state index contributed by atoms with van der Waals surface area (Å²) in [6.07, 6.45) is 0.718. The second-order valence-electron chi connectivity index (χ2n) is 6.33. The molecule has 3 rings (SSSR count). The van der Waals surface area contributed by atoms with Gasteiger partial charge < -0.3 is 10.2 Å². The number of hydrogen-bond acceptors (Lipinski definition) is 2. The Bertz CT molecular complexity index is 840. The van der Waals surface area contributed by atoms with Gasteiger partial charge in [-0.05, 0) is 47.4 Å². The largest absolute Gasteiger partial charge is 0.506 e. The van der Waals surface area contributed by atoms with Crippen molar-refractivity contribution in [3.05, 3.63) is 93.5 Å². The SMILES string of the molecule is CC(Cc1ccccc1)(c1ccc(O)c(Cl)c1)c1ccc(O)c(Cl)c1. The average Bonchev–Trinajstić information content (AvgIpc) is 2.60. The van der Waals surface area contributed by atoms with Crippen molar-refractivity contribution in [2.75, 3.05) is 0 Å². The molecular weight excluding hydrogens is 355 g/mol. The maximum absolute atomic E-state index is 9.76. The first-order chi connectivity index (χ1) is 11.9. The van der Waals surface area contributed by atoms with Crippen LogP contribution in [0.4, 0.5) is 0 Å². The average molecular weight is 373 g/mol. The van der Waals surface area contributed by atoms with Crippen LogP contribution in [-0.2, 0) is 11.8 Å². The Morgan fingerprint density at radius 2 is 1.24 bits per heavy atom. The van der Waals surface area contributed by atoms with Gasteiger partial charge >= 0.3 is 0 Å². The second-order valence-corrected chi connectivity index (χ2v) is 7.14. The lowest BCUT2D eigenvalue weighted by atomic mass is 9.72. The third kappa shape index (κ3) is 3.60. The van der Waals surface area contributed by atoms with Gasteiger partial charge in [0.05, 0.1) is 10.0 Å². The van der Waals surface area contributed by atoms with E-state index >= 15 is 0 Å². The van der Waals surface area contributed by atoms with Gasteiger partial charge in [0.1, 0.15) is 11.5 Å². The van der Waals surface area contributed by atoms with Crippen LogP contribution in [0.1, 0.15) is 23.6 Å². The minimum absolute atomic E-state index is 0.0521. The molecule has 0 amide bonds. The van der Waals surface area contributed by atoms with E-state index in [1.54, 1.807) is 24.3 Å². The Hall–Kier alpha value is -2.16. The van der Waals surface area contributed by atoms with E-state index in [1.165, 1.54) is 5.56 Å². The molecule has 0 atom stereocenters. The van der Waals surface area contributed by atoms with Crippen molar-refractivity contribution in [3.63, 3.8) is 0 Å². The van der Waals surface area contributed by atoms with E-state index in [0.717, 1.165) is 17.5 Å². The first kappa shape index (κ1) is 17.7. The fourth-order valence-corrected chi connectivity index (χ4v) is 3.44. The van der Waals surface area contributed by atoms with Crippen LogP contribution in [0.5, 0.6) is 11.5 Å². The lowest BCUT2D eigenvalue weighted by Gasteiger charge is -2.32.